The van der Waals surface area contributed by atoms with Crippen molar-refractivity contribution < 1.29 is 4.79 Å². The molecule has 0 radical (unpaired) electrons. The zero-order chi connectivity index (χ0) is 17.6. The summed E-state index contributed by atoms with van der Waals surface area (Å²) in [6.07, 6.45) is 0.545. The molecule has 6 heteroatoms. The summed E-state index contributed by atoms with van der Waals surface area (Å²) in [5, 5.41) is 11.1. The smallest absolute Gasteiger partial charge is 0.221 e. The first-order chi connectivity index (χ1) is 12.1. The van der Waals surface area contributed by atoms with Crippen molar-refractivity contribution in [3.8, 4) is 0 Å². The molecular formula is C19H26N4OS. The number of aromatic nitrogens is 2. The van der Waals surface area contributed by atoms with Crippen molar-refractivity contribution in [2.24, 2.45) is 0 Å². The van der Waals surface area contributed by atoms with Crippen molar-refractivity contribution >= 4 is 17.7 Å². The van der Waals surface area contributed by atoms with E-state index in [4.69, 9.17) is 0 Å². The molecule has 1 saturated heterocycles. The van der Waals surface area contributed by atoms with E-state index < -0.39 is 0 Å². The number of rotatable bonds is 6. The van der Waals surface area contributed by atoms with Crippen LogP contribution in [0.4, 0.5) is 0 Å². The van der Waals surface area contributed by atoms with Crippen LogP contribution in [0.1, 0.15) is 28.9 Å². The minimum atomic E-state index is 0.106. The lowest BCUT2D eigenvalue weighted by atomic mass is 10.1. The van der Waals surface area contributed by atoms with E-state index in [1.165, 1.54) is 5.56 Å². The molecule has 2 aromatic rings. The van der Waals surface area contributed by atoms with E-state index in [1.54, 1.807) is 0 Å². The molecule has 1 amide bonds. The molecule has 25 heavy (non-hydrogen) atoms. The lowest BCUT2D eigenvalue weighted by Crippen LogP contribution is -2.41. The fraction of sp³-hybridized carbons (Fsp3) is 0.474. The first-order valence-electron chi connectivity index (χ1n) is 8.78. The Balaban J connectivity index is 1.58. The van der Waals surface area contributed by atoms with Crippen LogP contribution >= 0.6 is 11.8 Å². The van der Waals surface area contributed by atoms with Crippen molar-refractivity contribution in [1.29, 1.82) is 0 Å². The third-order valence-corrected chi connectivity index (χ3v) is 5.73. The summed E-state index contributed by atoms with van der Waals surface area (Å²) in [7, 11) is 0. The molecule has 0 saturated carbocycles. The molecule has 3 rings (SSSR count). The summed E-state index contributed by atoms with van der Waals surface area (Å²) in [6, 6.07) is 10.6. The summed E-state index contributed by atoms with van der Waals surface area (Å²) < 4.78 is 2.02. The van der Waals surface area contributed by atoms with Gasteiger partial charge in [-0.25, -0.2) is 0 Å². The Hall–Kier alpha value is -1.79. The fourth-order valence-electron chi connectivity index (χ4n) is 3.13. The van der Waals surface area contributed by atoms with Gasteiger partial charge in [0.25, 0.3) is 0 Å². The first-order valence-corrected chi connectivity index (χ1v) is 9.93. The number of amides is 1. The van der Waals surface area contributed by atoms with Crippen molar-refractivity contribution in [2.45, 2.75) is 39.4 Å². The van der Waals surface area contributed by atoms with Gasteiger partial charge in [0.05, 0.1) is 12.2 Å². The molecule has 0 aliphatic carbocycles. The van der Waals surface area contributed by atoms with Crippen LogP contribution in [0, 0.1) is 13.8 Å². The minimum absolute atomic E-state index is 0.106. The number of benzene rings is 1. The molecule has 134 valence electrons. The molecule has 1 fully saturated rings. The highest BCUT2D eigenvalue weighted by Crippen LogP contribution is 2.15. The average molecular weight is 359 g/mol. The second-order valence-corrected chi connectivity index (χ2v) is 7.65. The standard InChI is InChI=1S/C19H26N4OS/c1-14-18(11-21-19(24)10-17-13-25-9-8-20-17)15(2)23(22-14)12-16-6-4-3-5-7-16/h3-7,17,20H,8-13H2,1-2H3,(H,21,24). The van der Waals surface area contributed by atoms with E-state index in [2.05, 4.69) is 34.8 Å². The van der Waals surface area contributed by atoms with Gasteiger partial charge in [-0.3, -0.25) is 9.48 Å². The molecule has 2 heterocycles. The predicted octanol–water partition coefficient (Wildman–Crippen LogP) is 2.26. The van der Waals surface area contributed by atoms with E-state index in [9.17, 15) is 4.79 Å². The molecule has 0 spiro atoms. The number of thioether (sulfide) groups is 1. The SMILES string of the molecule is Cc1nn(Cc2ccccc2)c(C)c1CNC(=O)CC1CSCCN1. The molecule has 0 bridgehead atoms. The lowest BCUT2D eigenvalue weighted by molar-refractivity contribution is -0.121. The Kier molecular flexibility index (Phi) is 6.15. The van der Waals surface area contributed by atoms with Crippen molar-refractivity contribution in [3.05, 3.63) is 52.8 Å². The lowest BCUT2D eigenvalue weighted by Gasteiger charge is -2.22. The first kappa shape index (κ1) is 18.0. The molecule has 1 atom stereocenters. The Morgan fingerprint density at radius 1 is 1.36 bits per heavy atom. The van der Waals surface area contributed by atoms with Crippen LogP contribution in [0.2, 0.25) is 0 Å². The highest BCUT2D eigenvalue weighted by molar-refractivity contribution is 7.99. The van der Waals surface area contributed by atoms with Crippen LogP contribution in [0.3, 0.4) is 0 Å². The van der Waals surface area contributed by atoms with Gasteiger partial charge >= 0.3 is 0 Å². The number of hydrogen-bond acceptors (Lipinski definition) is 4. The molecular weight excluding hydrogens is 332 g/mol. The average Bonchev–Trinajstić information content (AvgIpc) is 2.88. The van der Waals surface area contributed by atoms with Crippen LogP contribution in [-0.4, -0.2) is 39.8 Å². The number of hydrogen-bond donors (Lipinski definition) is 2. The zero-order valence-corrected chi connectivity index (χ0v) is 15.7. The molecule has 5 nitrogen and oxygen atoms in total. The Morgan fingerprint density at radius 3 is 2.88 bits per heavy atom. The van der Waals surface area contributed by atoms with E-state index in [-0.39, 0.29) is 5.91 Å². The number of aryl methyl sites for hydroxylation is 1. The van der Waals surface area contributed by atoms with Crippen LogP contribution in [-0.2, 0) is 17.9 Å². The normalized spacial score (nSPS) is 17.4. The van der Waals surface area contributed by atoms with E-state index >= 15 is 0 Å². The second kappa shape index (κ2) is 8.54. The van der Waals surface area contributed by atoms with Gasteiger partial charge in [-0.15, -0.1) is 0 Å². The second-order valence-electron chi connectivity index (χ2n) is 6.50. The summed E-state index contributed by atoms with van der Waals surface area (Å²) >= 11 is 1.91. The molecule has 1 unspecified atom stereocenters. The van der Waals surface area contributed by atoms with Crippen LogP contribution in [0.15, 0.2) is 30.3 Å². The van der Waals surface area contributed by atoms with Gasteiger partial charge in [-0.1, -0.05) is 30.3 Å². The van der Waals surface area contributed by atoms with Crippen LogP contribution in [0.25, 0.3) is 0 Å². The zero-order valence-electron chi connectivity index (χ0n) is 14.9. The summed E-state index contributed by atoms with van der Waals surface area (Å²) in [5.74, 6) is 2.26. The number of nitrogens with zero attached hydrogens (tertiary/aromatic N) is 2. The van der Waals surface area contributed by atoms with E-state index in [0.717, 1.165) is 41.5 Å². The van der Waals surface area contributed by atoms with Crippen LogP contribution < -0.4 is 10.6 Å². The van der Waals surface area contributed by atoms with Gasteiger partial charge in [-0.2, -0.15) is 16.9 Å². The van der Waals surface area contributed by atoms with E-state index in [0.29, 0.717) is 19.0 Å². The highest BCUT2D eigenvalue weighted by atomic mass is 32.2. The molecule has 2 N–H and O–H groups in total. The Morgan fingerprint density at radius 2 is 2.16 bits per heavy atom. The van der Waals surface area contributed by atoms with Gasteiger partial charge in [-0.05, 0) is 19.4 Å². The molecule has 1 aromatic carbocycles. The molecule has 1 aliphatic heterocycles. The van der Waals surface area contributed by atoms with Crippen LogP contribution in [0.5, 0.6) is 0 Å². The maximum atomic E-state index is 12.2. The number of carbonyl (C=O) groups is 1. The minimum Gasteiger partial charge on any atom is -0.352 e. The molecule has 1 aliphatic rings. The van der Waals surface area contributed by atoms with Gasteiger partial charge in [0, 0.05) is 48.3 Å². The van der Waals surface area contributed by atoms with Crippen molar-refractivity contribution in [2.75, 3.05) is 18.1 Å². The Labute approximate surface area is 153 Å². The number of nitrogens with one attached hydrogen (secondary N) is 2. The third-order valence-electron chi connectivity index (χ3n) is 4.60. The van der Waals surface area contributed by atoms with Gasteiger partial charge in [0.15, 0.2) is 0 Å². The summed E-state index contributed by atoms with van der Waals surface area (Å²) in [5.41, 5.74) is 4.45. The van der Waals surface area contributed by atoms with Crippen molar-refractivity contribution in [1.82, 2.24) is 20.4 Å². The van der Waals surface area contributed by atoms with Gasteiger partial charge in [0.2, 0.25) is 5.91 Å². The topological polar surface area (TPSA) is 59.0 Å². The third kappa shape index (κ3) is 4.86. The van der Waals surface area contributed by atoms with E-state index in [1.807, 2.05) is 41.6 Å². The quantitative estimate of drug-likeness (QED) is 0.832. The van der Waals surface area contributed by atoms with Crippen molar-refractivity contribution in [3.63, 3.8) is 0 Å². The summed E-state index contributed by atoms with van der Waals surface area (Å²) in [6.45, 7) is 6.38. The predicted molar refractivity (Wildman–Crippen MR) is 103 cm³/mol. The molecule has 1 aromatic heterocycles. The maximum Gasteiger partial charge on any atom is 0.221 e. The summed E-state index contributed by atoms with van der Waals surface area (Å²) in [4.78, 5) is 12.2. The fourth-order valence-corrected chi connectivity index (χ4v) is 4.08. The van der Waals surface area contributed by atoms with Gasteiger partial charge < -0.3 is 10.6 Å². The Bertz CT molecular complexity index is 708. The number of carbonyl (C=O) groups excluding carboxylic acids is 1. The highest BCUT2D eigenvalue weighted by Gasteiger charge is 2.18. The van der Waals surface area contributed by atoms with Gasteiger partial charge in [0.1, 0.15) is 0 Å². The largest absolute Gasteiger partial charge is 0.352 e. The maximum absolute atomic E-state index is 12.2. The monoisotopic (exact) mass is 358 g/mol.